The Bertz CT molecular complexity index is 631. The second-order valence-electron chi connectivity index (χ2n) is 5.01. The molecule has 24 heavy (non-hydrogen) atoms. The van der Waals surface area contributed by atoms with Crippen LogP contribution in [-0.4, -0.2) is 55.7 Å². The number of likely N-dealkylation sites (N-methyl/N-ethyl adjacent to an activating group) is 2. The summed E-state index contributed by atoms with van der Waals surface area (Å²) in [5, 5.41) is 2.61. The van der Waals surface area contributed by atoms with E-state index in [1.165, 1.54) is 17.0 Å². The third-order valence-electron chi connectivity index (χ3n) is 3.38. The van der Waals surface area contributed by atoms with Gasteiger partial charge in [0.2, 0.25) is 12.7 Å². The second kappa shape index (κ2) is 8.19. The molecule has 0 saturated carbocycles. The van der Waals surface area contributed by atoms with Crippen LogP contribution in [0.4, 0.5) is 0 Å². The fourth-order valence-electron chi connectivity index (χ4n) is 2.13. The molecule has 2 rings (SSSR count). The molecule has 0 unspecified atom stereocenters. The SMILES string of the molecule is CCNC(=O)CN(CC)C(=O)COC(=O)c1ccc2c(c1)OCO2. The molecule has 1 aromatic rings. The molecule has 0 aromatic heterocycles. The number of benzene rings is 1. The number of hydrogen-bond donors (Lipinski definition) is 1. The van der Waals surface area contributed by atoms with Gasteiger partial charge in [-0.2, -0.15) is 0 Å². The van der Waals surface area contributed by atoms with Crippen LogP contribution in [0.15, 0.2) is 18.2 Å². The molecule has 0 radical (unpaired) electrons. The van der Waals surface area contributed by atoms with Gasteiger partial charge in [-0.05, 0) is 32.0 Å². The summed E-state index contributed by atoms with van der Waals surface area (Å²) >= 11 is 0. The van der Waals surface area contributed by atoms with Crippen LogP contribution in [0.1, 0.15) is 24.2 Å². The van der Waals surface area contributed by atoms with E-state index in [1.807, 2.05) is 0 Å². The van der Waals surface area contributed by atoms with Crippen LogP contribution in [0, 0.1) is 0 Å². The molecule has 1 aliphatic heterocycles. The van der Waals surface area contributed by atoms with Crippen molar-refractivity contribution in [2.45, 2.75) is 13.8 Å². The van der Waals surface area contributed by atoms with Crippen LogP contribution in [0.25, 0.3) is 0 Å². The Balaban J connectivity index is 1.88. The molecule has 2 amide bonds. The first kappa shape index (κ1) is 17.6. The quantitative estimate of drug-likeness (QED) is 0.731. The first-order chi connectivity index (χ1) is 11.5. The van der Waals surface area contributed by atoms with Gasteiger partial charge in [0, 0.05) is 13.1 Å². The van der Waals surface area contributed by atoms with E-state index in [1.54, 1.807) is 19.9 Å². The molecule has 1 aliphatic rings. The van der Waals surface area contributed by atoms with Gasteiger partial charge in [-0.25, -0.2) is 4.79 Å². The molecule has 8 nitrogen and oxygen atoms in total. The van der Waals surface area contributed by atoms with Gasteiger partial charge in [-0.3, -0.25) is 9.59 Å². The maximum atomic E-state index is 12.1. The highest BCUT2D eigenvalue weighted by Gasteiger charge is 2.20. The van der Waals surface area contributed by atoms with Crippen LogP contribution in [-0.2, 0) is 14.3 Å². The largest absolute Gasteiger partial charge is 0.454 e. The number of carbonyl (C=O) groups is 3. The summed E-state index contributed by atoms with van der Waals surface area (Å²) in [7, 11) is 0. The number of rotatable bonds is 7. The molecule has 0 saturated heterocycles. The van der Waals surface area contributed by atoms with Crippen molar-refractivity contribution < 1.29 is 28.6 Å². The van der Waals surface area contributed by atoms with Gasteiger partial charge in [0.05, 0.1) is 12.1 Å². The maximum absolute atomic E-state index is 12.1. The highest BCUT2D eigenvalue weighted by molar-refractivity contribution is 5.92. The highest BCUT2D eigenvalue weighted by atomic mass is 16.7. The first-order valence-electron chi connectivity index (χ1n) is 7.66. The Kier molecular flexibility index (Phi) is 6.00. The predicted octanol–water partition coefficient (Wildman–Crippen LogP) is 0.557. The number of nitrogens with zero attached hydrogens (tertiary/aromatic N) is 1. The fraction of sp³-hybridized carbons (Fsp3) is 0.438. The molecule has 0 fully saturated rings. The summed E-state index contributed by atoms with van der Waals surface area (Å²) in [4.78, 5) is 36.9. The van der Waals surface area contributed by atoms with Crippen molar-refractivity contribution in [2.24, 2.45) is 0 Å². The van der Waals surface area contributed by atoms with E-state index in [9.17, 15) is 14.4 Å². The van der Waals surface area contributed by atoms with Crippen molar-refractivity contribution >= 4 is 17.8 Å². The minimum absolute atomic E-state index is 0.0647. The van der Waals surface area contributed by atoms with Crippen molar-refractivity contribution in [1.82, 2.24) is 10.2 Å². The Hall–Kier alpha value is -2.77. The van der Waals surface area contributed by atoms with Crippen LogP contribution in [0.3, 0.4) is 0 Å². The number of fused-ring (bicyclic) bond motifs is 1. The number of hydrogen-bond acceptors (Lipinski definition) is 6. The van der Waals surface area contributed by atoms with Crippen LogP contribution < -0.4 is 14.8 Å². The zero-order chi connectivity index (χ0) is 17.5. The second-order valence-corrected chi connectivity index (χ2v) is 5.01. The summed E-state index contributed by atoms with van der Waals surface area (Å²) < 4.78 is 15.4. The standard InChI is InChI=1S/C16H20N2O6/c1-3-17-14(19)8-18(4-2)15(20)9-22-16(21)11-5-6-12-13(7-11)24-10-23-12/h5-7H,3-4,8-10H2,1-2H3,(H,17,19). The number of nitrogens with one attached hydrogen (secondary N) is 1. The summed E-state index contributed by atoms with van der Waals surface area (Å²) in [6, 6.07) is 4.64. The molecular weight excluding hydrogens is 316 g/mol. The van der Waals surface area contributed by atoms with Crippen molar-refractivity contribution in [3.63, 3.8) is 0 Å². The third kappa shape index (κ3) is 4.37. The van der Waals surface area contributed by atoms with Crippen molar-refractivity contribution in [3.05, 3.63) is 23.8 Å². The van der Waals surface area contributed by atoms with Crippen molar-refractivity contribution in [3.8, 4) is 11.5 Å². The lowest BCUT2D eigenvalue weighted by atomic mass is 10.2. The highest BCUT2D eigenvalue weighted by Crippen LogP contribution is 2.32. The molecule has 130 valence electrons. The van der Waals surface area contributed by atoms with Gasteiger partial charge >= 0.3 is 5.97 Å². The van der Waals surface area contributed by atoms with Crippen LogP contribution >= 0.6 is 0 Å². The van der Waals surface area contributed by atoms with Gasteiger partial charge < -0.3 is 24.4 Å². The number of carbonyl (C=O) groups excluding carboxylic acids is 3. The molecule has 1 aromatic carbocycles. The van der Waals surface area contributed by atoms with Crippen molar-refractivity contribution in [1.29, 1.82) is 0 Å². The topological polar surface area (TPSA) is 94.2 Å². The Morgan fingerprint density at radius 1 is 1.21 bits per heavy atom. The zero-order valence-corrected chi connectivity index (χ0v) is 13.7. The normalized spacial score (nSPS) is 11.8. The molecule has 1 heterocycles. The molecule has 1 N–H and O–H groups in total. The van der Waals surface area contributed by atoms with Gasteiger partial charge in [-0.1, -0.05) is 0 Å². The molecule has 8 heteroatoms. The lowest BCUT2D eigenvalue weighted by molar-refractivity contribution is -0.138. The number of ether oxygens (including phenoxy) is 3. The summed E-state index contributed by atoms with van der Waals surface area (Å²) in [5.74, 6) is -0.313. The maximum Gasteiger partial charge on any atom is 0.338 e. The Morgan fingerprint density at radius 3 is 2.67 bits per heavy atom. The van der Waals surface area contributed by atoms with E-state index < -0.39 is 18.5 Å². The van der Waals surface area contributed by atoms with E-state index in [4.69, 9.17) is 14.2 Å². The average molecular weight is 336 g/mol. The van der Waals surface area contributed by atoms with Gasteiger partial charge in [0.1, 0.15) is 0 Å². The molecule has 0 atom stereocenters. The minimum atomic E-state index is -0.643. The smallest absolute Gasteiger partial charge is 0.338 e. The molecular formula is C16H20N2O6. The Morgan fingerprint density at radius 2 is 1.96 bits per heavy atom. The van der Waals surface area contributed by atoms with Crippen LogP contribution in [0.2, 0.25) is 0 Å². The van der Waals surface area contributed by atoms with E-state index in [-0.39, 0.29) is 24.8 Å². The van der Waals surface area contributed by atoms with E-state index in [2.05, 4.69) is 5.32 Å². The molecule has 0 bridgehead atoms. The minimum Gasteiger partial charge on any atom is -0.454 e. The molecule has 0 spiro atoms. The number of amides is 2. The third-order valence-corrected chi connectivity index (χ3v) is 3.38. The van der Waals surface area contributed by atoms with E-state index in [0.29, 0.717) is 24.6 Å². The van der Waals surface area contributed by atoms with Gasteiger partial charge in [0.15, 0.2) is 18.1 Å². The van der Waals surface area contributed by atoms with E-state index in [0.717, 1.165) is 0 Å². The van der Waals surface area contributed by atoms with Gasteiger partial charge in [-0.15, -0.1) is 0 Å². The summed E-state index contributed by atoms with van der Waals surface area (Å²) in [6.45, 7) is 3.99. The van der Waals surface area contributed by atoms with Gasteiger partial charge in [0.25, 0.3) is 5.91 Å². The summed E-state index contributed by atoms with van der Waals surface area (Å²) in [5.41, 5.74) is 0.263. The lowest BCUT2D eigenvalue weighted by Crippen LogP contribution is -2.42. The van der Waals surface area contributed by atoms with Crippen molar-refractivity contribution in [2.75, 3.05) is 33.0 Å². The average Bonchev–Trinajstić information content (AvgIpc) is 3.05. The lowest BCUT2D eigenvalue weighted by Gasteiger charge is -2.20. The summed E-state index contributed by atoms with van der Waals surface area (Å²) in [6.07, 6.45) is 0. The monoisotopic (exact) mass is 336 g/mol. The first-order valence-corrected chi connectivity index (χ1v) is 7.66. The Labute approximate surface area is 139 Å². The molecule has 0 aliphatic carbocycles. The zero-order valence-electron chi connectivity index (χ0n) is 13.7. The van der Waals surface area contributed by atoms with E-state index >= 15 is 0 Å². The number of esters is 1. The fourth-order valence-corrected chi connectivity index (χ4v) is 2.13. The van der Waals surface area contributed by atoms with Crippen LogP contribution in [0.5, 0.6) is 11.5 Å². The predicted molar refractivity (Wildman–Crippen MR) is 83.8 cm³/mol.